The zero-order valence-corrected chi connectivity index (χ0v) is 26.2. The summed E-state index contributed by atoms with van der Waals surface area (Å²) in [5.74, 6) is 0.704. The van der Waals surface area contributed by atoms with Crippen LogP contribution in [0.2, 0.25) is 0 Å². The van der Waals surface area contributed by atoms with Gasteiger partial charge in [0.05, 0.1) is 11.4 Å². The van der Waals surface area contributed by atoms with Crippen LogP contribution >= 0.6 is 0 Å². The van der Waals surface area contributed by atoms with Crippen LogP contribution in [0.3, 0.4) is 0 Å². The van der Waals surface area contributed by atoms with Gasteiger partial charge in [-0.25, -0.2) is 9.97 Å². The van der Waals surface area contributed by atoms with Gasteiger partial charge in [0.15, 0.2) is 5.82 Å². The van der Waals surface area contributed by atoms with Crippen molar-refractivity contribution in [3.8, 4) is 56.2 Å². The molecule has 0 radical (unpaired) electrons. The fourth-order valence-corrected chi connectivity index (χ4v) is 7.09. The fourth-order valence-electron chi connectivity index (χ4n) is 7.09. The van der Waals surface area contributed by atoms with Crippen molar-refractivity contribution in [2.45, 2.75) is 0 Å². The van der Waals surface area contributed by atoms with Gasteiger partial charge in [-0.1, -0.05) is 170 Å². The third-order valence-electron chi connectivity index (χ3n) is 9.26. The number of hydrogen-bond donors (Lipinski definition) is 0. The van der Waals surface area contributed by atoms with Crippen LogP contribution < -0.4 is 0 Å². The Bertz CT molecular complexity index is 2540. The van der Waals surface area contributed by atoms with E-state index < -0.39 is 0 Å². The highest BCUT2D eigenvalue weighted by Crippen LogP contribution is 2.44. The van der Waals surface area contributed by atoms with Crippen LogP contribution in [0.15, 0.2) is 182 Å². The molecule has 1 aromatic heterocycles. The Morgan fingerprint density at radius 2 is 0.750 bits per heavy atom. The monoisotopic (exact) mass is 610 g/mol. The molecule has 0 unspecified atom stereocenters. The molecule has 0 saturated heterocycles. The first kappa shape index (κ1) is 27.9. The largest absolute Gasteiger partial charge is 0.228 e. The Labute approximate surface area is 279 Å². The molecule has 2 heteroatoms. The number of hydrogen-bond acceptors (Lipinski definition) is 2. The SMILES string of the molecule is c1ccc(-c2cc(-c3cccc4ccccc34)nc(-c3cccc(-c4c5ccccc5c(-c5ccccc5)c5ccccc45)c3)n2)cc1. The van der Waals surface area contributed by atoms with E-state index in [1.54, 1.807) is 0 Å². The molecule has 0 saturated carbocycles. The number of nitrogens with zero attached hydrogens (tertiary/aromatic N) is 2. The second-order valence-electron chi connectivity index (χ2n) is 12.1. The number of rotatable bonds is 5. The summed E-state index contributed by atoms with van der Waals surface area (Å²) in [4.78, 5) is 10.4. The van der Waals surface area contributed by atoms with Crippen molar-refractivity contribution in [3.05, 3.63) is 182 Å². The molecule has 9 rings (SSSR count). The zero-order chi connectivity index (χ0) is 31.9. The van der Waals surface area contributed by atoms with Gasteiger partial charge < -0.3 is 0 Å². The predicted octanol–water partition coefficient (Wildman–Crippen LogP) is 12.3. The Kier molecular flexibility index (Phi) is 6.84. The van der Waals surface area contributed by atoms with Crippen molar-refractivity contribution in [1.29, 1.82) is 0 Å². The second kappa shape index (κ2) is 11.8. The van der Waals surface area contributed by atoms with Crippen LogP contribution in [-0.4, -0.2) is 9.97 Å². The molecule has 224 valence electrons. The highest BCUT2D eigenvalue weighted by Gasteiger charge is 2.18. The standard InChI is InChI=1S/C46H30N2/c1-3-16-32(17-4-1)42-30-43(37-28-14-20-31-15-7-8-23-36(31)37)48-46(47-42)35-22-13-21-34(29-35)45-40-26-11-9-24-38(40)44(33-18-5-2-6-19-33)39-25-10-12-27-41(39)45/h1-30H. The van der Waals surface area contributed by atoms with Crippen molar-refractivity contribution in [2.75, 3.05) is 0 Å². The molecule has 48 heavy (non-hydrogen) atoms. The molecule has 0 atom stereocenters. The predicted molar refractivity (Wildman–Crippen MR) is 202 cm³/mol. The molecule has 0 spiro atoms. The maximum Gasteiger partial charge on any atom is 0.160 e. The van der Waals surface area contributed by atoms with Gasteiger partial charge in [-0.3, -0.25) is 0 Å². The molecular formula is C46H30N2. The summed E-state index contributed by atoms with van der Waals surface area (Å²) < 4.78 is 0. The van der Waals surface area contributed by atoms with Crippen molar-refractivity contribution in [3.63, 3.8) is 0 Å². The van der Waals surface area contributed by atoms with Gasteiger partial charge >= 0.3 is 0 Å². The Morgan fingerprint density at radius 3 is 1.42 bits per heavy atom. The minimum absolute atomic E-state index is 0.704. The maximum absolute atomic E-state index is 5.25. The van der Waals surface area contributed by atoms with Crippen LogP contribution in [0.1, 0.15) is 0 Å². The Morgan fingerprint density at radius 1 is 0.292 bits per heavy atom. The van der Waals surface area contributed by atoms with Crippen LogP contribution in [0.25, 0.3) is 88.5 Å². The van der Waals surface area contributed by atoms with Crippen molar-refractivity contribution >= 4 is 32.3 Å². The van der Waals surface area contributed by atoms with E-state index >= 15 is 0 Å². The smallest absolute Gasteiger partial charge is 0.160 e. The first-order valence-electron chi connectivity index (χ1n) is 16.3. The molecule has 0 fully saturated rings. The summed E-state index contributed by atoms with van der Waals surface area (Å²) >= 11 is 0. The quantitative estimate of drug-likeness (QED) is 0.181. The average Bonchev–Trinajstić information content (AvgIpc) is 3.17. The van der Waals surface area contributed by atoms with Crippen molar-refractivity contribution in [1.82, 2.24) is 9.97 Å². The molecule has 0 aliphatic carbocycles. The van der Waals surface area contributed by atoms with Gasteiger partial charge in [0.25, 0.3) is 0 Å². The highest BCUT2D eigenvalue weighted by molar-refractivity contribution is 6.21. The number of benzene rings is 8. The van der Waals surface area contributed by atoms with E-state index in [-0.39, 0.29) is 0 Å². The molecule has 9 aromatic rings. The third kappa shape index (κ3) is 4.83. The van der Waals surface area contributed by atoms with Crippen LogP contribution in [0.5, 0.6) is 0 Å². The van der Waals surface area contributed by atoms with Gasteiger partial charge in [0.1, 0.15) is 0 Å². The molecular weight excluding hydrogens is 581 g/mol. The highest BCUT2D eigenvalue weighted by atomic mass is 14.9. The van der Waals surface area contributed by atoms with Crippen molar-refractivity contribution in [2.24, 2.45) is 0 Å². The fraction of sp³-hybridized carbons (Fsp3) is 0. The Hall–Kier alpha value is -6.38. The van der Waals surface area contributed by atoms with E-state index in [0.717, 1.165) is 33.6 Å². The van der Waals surface area contributed by atoms with E-state index in [0.29, 0.717) is 5.82 Å². The normalized spacial score (nSPS) is 11.3. The summed E-state index contributed by atoms with van der Waals surface area (Å²) in [6.07, 6.45) is 0. The van der Waals surface area contributed by atoms with E-state index in [9.17, 15) is 0 Å². The van der Waals surface area contributed by atoms with Crippen LogP contribution in [-0.2, 0) is 0 Å². The molecule has 0 bridgehead atoms. The van der Waals surface area contributed by atoms with E-state index in [1.165, 1.54) is 49.0 Å². The summed E-state index contributed by atoms with van der Waals surface area (Å²) in [6, 6.07) is 64.5. The van der Waals surface area contributed by atoms with E-state index in [2.05, 4.69) is 176 Å². The third-order valence-corrected chi connectivity index (χ3v) is 9.26. The molecule has 0 amide bonds. The van der Waals surface area contributed by atoms with Gasteiger partial charge in [-0.2, -0.15) is 0 Å². The van der Waals surface area contributed by atoms with Gasteiger partial charge in [0, 0.05) is 16.7 Å². The summed E-state index contributed by atoms with van der Waals surface area (Å²) in [7, 11) is 0. The second-order valence-corrected chi connectivity index (χ2v) is 12.1. The summed E-state index contributed by atoms with van der Waals surface area (Å²) in [5.41, 5.74) is 9.79. The maximum atomic E-state index is 5.25. The lowest BCUT2D eigenvalue weighted by Crippen LogP contribution is -1.97. The van der Waals surface area contributed by atoms with E-state index in [1.807, 2.05) is 6.07 Å². The minimum atomic E-state index is 0.704. The lowest BCUT2D eigenvalue weighted by Gasteiger charge is -2.18. The molecule has 0 aliphatic heterocycles. The Balaban J connectivity index is 1.28. The average molecular weight is 611 g/mol. The molecule has 0 N–H and O–H groups in total. The van der Waals surface area contributed by atoms with Crippen molar-refractivity contribution < 1.29 is 0 Å². The molecule has 2 nitrogen and oxygen atoms in total. The molecule has 1 heterocycles. The number of fused-ring (bicyclic) bond motifs is 3. The lowest BCUT2D eigenvalue weighted by molar-refractivity contribution is 1.19. The summed E-state index contributed by atoms with van der Waals surface area (Å²) in [5, 5.41) is 7.29. The first-order valence-corrected chi connectivity index (χ1v) is 16.3. The van der Waals surface area contributed by atoms with Crippen LogP contribution in [0.4, 0.5) is 0 Å². The van der Waals surface area contributed by atoms with Crippen LogP contribution in [0, 0.1) is 0 Å². The summed E-state index contributed by atoms with van der Waals surface area (Å²) in [6.45, 7) is 0. The molecule has 0 aliphatic rings. The zero-order valence-electron chi connectivity index (χ0n) is 26.2. The van der Waals surface area contributed by atoms with E-state index in [4.69, 9.17) is 9.97 Å². The van der Waals surface area contributed by atoms with Gasteiger partial charge in [-0.15, -0.1) is 0 Å². The number of aromatic nitrogens is 2. The van der Waals surface area contributed by atoms with Gasteiger partial charge in [-0.05, 0) is 66.7 Å². The lowest BCUT2D eigenvalue weighted by atomic mass is 9.85. The topological polar surface area (TPSA) is 25.8 Å². The van der Waals surface area contributed by atoms with Gasteiger partial charge in [0.2, 0.25) is 0 Å². The first-order chi connectivity index (χ1) is 23.8. The molecule has 8 aromatic carbocycles. The minimum Gasteiger partial charge on any atom is -0.228 e.